The highest BCUT2D eigenvalue weighted by Crippen LogP contribution is 2.31. The first-order valence-electron chi connectivity index (χ1n) is 6.60. The van der Waals surface area contributed by atoms with Crippen molar-refractivity contribution in [3.63, 3.8) is 0 Å². The molecule has 0 aliphatic rings. The fourth-order valence-electron chi connectivity index (χ4n) is 2.49. The molecule has 1 N–H and O–H groups in total. The van der Waals surface area contributed by atoms with E-state index in [4.69, 9.17) is 8.83 Å². The first kappa shape index (κ1) is 14.5. The van der Waals surface area contributed by atoms with Gasteiger partial charge in [0, 0.05) is 22.4 Å². The summed E-state index contributed by atoms with van der Waals surface area (Å²) >= 11 is 0. The van der Waals surface area contributed by atoms with Gasteiger partial charge in [0.05, 0.1) is 12.5 Å². The lowest BCUT2D eigenvalue weighted by Crippen LogP contribution is -2.42. The summed E-state index contributed by atoms with van der Waals surface area (Å²) in [5.74, 6) is -1.95. The van der Waals surface area contributed by atoms with E-state index >= 15 is 0 Å². The van der Waals surface area contributed by atoms with Crippen LogP contribution in [0.5, 0.6) is 0 Å². The summed E-state index contributed by atoms with van der Waals surface area (Å²) in [5, 5.41) is 3.50. The Morgan fingerprint density at radius 3 is 2.73 bits per heavy atom. The smallest absolute Gasteiger partial charge is 0.464 e. The number of alkyl halides is 3. The molecule has 0 aliphatic carbocycles. The van der Waals surface area contributed by atoms with Gasteiger partial charge in [0.15, 0.2) is 0 Å². The zero-order valence-electron chi connectivity index (χ0n) is 11.5. The first-order valence-corrected chi connectivity index (χ1v) is 6.60. The van der Waals surface area contributed by atoms with E-state index in [0.29, 0.717) is 16.7 Å². The van der Waals surface area contributed by atoms with E-state index < -0.39 is 18.1 Å². The van der Waals surface area contributed by atoms with Gasteiger partial charge in [-0.3, -0.25) is 4.79 Å². The molecule has 116 valence electrons. The number of fused-ring (bicyclic) bond motifs is 2. The largest absolute Gasteiger partial charge is 0.471 e. The minimum absolute atomic E-state index is 0.197. The first-order chi connectivity index (χ1) is 10.4. The fraction of sp³-hybridized carbons (Fsp3) is 0.267. The highest BCUT2D eigenvalue weighted by Gasteiger charge is 2.39. The van der Waals surface area contributed by atoms with Crippen molar-refractivity contribution in [2.24, 2.45) is 0 Å². The molecule has 0 saturated heterocycles. The molecule has 0 bridgehead atoms. The van der Waals surface area contributed by atoms with Crippen LogP contribution >= 0.6 is 0 Å². The topological polar surface area (TPSA) is 55.4 Å². The molecule has 3 aromatic rings. The summed E-state index contributed by atoms with van der Waals surface area (Å²) in [5.41, 5.74) is 1.92. The number of nitrogens with one attached hydrogen (secondary N) is 1. The van der Waals surface area contributed by atoms with Crippen LogP contribution in [0.25, 0.3) is 21.9 Å². The number of carbonyl (C=O) groups excluding carboxylic acids is 1. The third kappa shape index (κ3) is 2.54. The van der Waals surface area contributed by atoms with Crippen molar-refractivity contribution < 1.29 is 26.8 Å². The van der Waals surface area contributed by atoms with Crippen LogP contribution < -0.4 is 5.32 Å². The second-order valence-corrected chi connectivity index (χ2v) is 5.10. The van der Waals surface area contributed by atoms with Gasteiger partial charge >= 0.3 is 12.1 Å². The van der Waals surface area contributed by atoms with Crippen LogP contribution in [-0.2, 0) is 11.2 Å². The normalized spacial score (nSPS) is 13.6. The number of amides is 1. The SMILES string of the molecule is C[C@@H](Cc1c2ccoc2cc2ccoc12)NC(=O)C(F)(F)F. The average molecular weight is 311 g/mol. The molecule has 0 saturated carbocycles. The van der Waals surface area contributed by atoms with Gasteiger partial charge in [-0.2, -0.15) is 13.2 Å². The van der Waals surface area contributed by atoms with E-state index in [1.807, 2.05) is 5.32 Å². The molecule has 2 heterocycles. The minimum Gasteiger partial charge on any atom is -0.464 e. The molecule has 0 spiro atoms. The predicted molar refractivity (Wildman–Crippen MR) is 73.3 cm³/mol. The van der Waals surface area contributed by atoms with E-state index in [2.05, 4.69) is 0 Å². The van der Waals surface area contributed by atoms with Crippen LogP contribution in [-0.4, -0.2) is 18.1 Å². The van der Waals surface area contributed by atoms with Gasteiger partial charge in [-0.1, -0.05) is 0 Å². The Balaban J connectivity index is 1.93. The molecule has 0 fully saturated rings. The Hall–Kier alpha value is -2.44. The van der Waals surface area contributed by atoms with Crippen LogP contribution in [0.2, 0.25) is 0 Å². The predicted octanol–water partition coefficient (Wildman–Crippen LogP) is 3.79. The molecular weight excluding hydrogens is 299 g/mol. The van der Waals surface area contributed by atoms with E-state index in [-0.39, 0.29) is 6.42 Å². The molecule has 22 heavy (non-hydrogen) atoms. The Bertz CT molecular complexity index is 783. The van der Waals surface area contributed by atoms with E-state index in [1.54, 1.807) is 18.2 Å². The quantitative estimate of drug-likeness (QED) is 0.800. The molecule has 4 nitrogen and oxygen atoms in total. The third-order valence-electron chi connectivity index (χ3n) is 3.42. The second kappa shape index (κ2) is 5.08. The molecule has 0 unspecified atom stereocenters. The number of halogens is 3. The number of hydrogen-bond donors (Lipinski definition) is 1. The molecule has 1 amide bonds. The van der Waals surface area contributed by atoms with Crippen molar-refractivity contribution in [2.75, 3.05) is 0 Å². The van der Waals surface area contributed by atoms with Gasteiger partial charge in [0.2, 0.25) is 0 Å². The molecule has 2 aromatic heterocycles. The summed E-state index contributed by atoms with van der Waals surface area (Å²) in [7, 11) is 0. The lowest BCUT2D eigenvalue weighted by atomic mass is 10.0. The number of carbonyl (C=O) groups is 1. The molecule has 0 aliphatic heterocycles. The van der Waals surface area contributed by atoms with Crippen LogP contribution in [0.3, 0.4) is 0 Å². The Morgan fingerprint density at radius 2 is 2.00 bits per heavy atom. The van der Waals surface area contributed by atoms with Gasteiger partial charge in [0.25, 0.3) is 0 Å². The molecule has 7 heteroatoms. The summed E-state index contributed by atoms with van der Waals surface area (Å²) in [6, 6.07) is 4.57. The van der Waals surface area contributed by atoms with Crippen LogP contribution in [0.15, 0.2) is 39.6 Å². The van der Waals surface area contributed by atoms with E-state index in [0.717, 1.165) is 10.8 Å². The van der Waals surface area contributed by atoms with E-state index in [9.17, 15) is 18.0 Å². The van der Waals surface area contributed by atoms with Crippen molar-refractivity contribution >= 4 is 27.8 Å². The standard InChI is InChI=1S/C15H12F3NO3/c1-8(19-14(20)15(16,17)18)6-11-10-3-5-21-12(10)7-9-2-4-22-13(9)11/h2-5,7-8H,6H2,1H3,(H,19,20)/t8-/m0/s1. The van der Waals surface area contributed by atoms with Crippen LogP contribution in [0, 0.1) is 0 Å². The number of benzene rings is 1. The number of rotatable bonds is 3. The minimum atomic E-state index is -4.89. The van der Waals surface area contributed by atoms with Gasteiger partial charge in [-0.05, 0) is 31.5 Å². The molecule has 1 aromatic carbocycles. The van der Waals surface area contributed by atoms with Crippen LogP contribution in [0.1, 0.15) is 12.5 Å². The van der Waals surface area contributed by atoms with Gasteiger partial charge in [-0.25, -0.2) is 0 Å². The zero-order chi connectivity index (χ0) is 15.9. The summed E-state index contributed by atoms with van der Waals surface area (Å²) in [6.45, 7) is 1.51. The van der Waals surface area contributed by atoms with Crippen molar-refractivity contribution in [3.05, 3.63) is 36.3 Å². The lowest BCUT2D eigenvalue weighted by Gasteiger charge is -2.16. The van der Waals surface area contributed by atoms with Crippen molar-refractivity contribution in [1.29, 1.82) is 0 Å². The zero-order valence-corrected chi connectivity index (χ0v) is 11.5. The van der Waals surface area contributed by atoms with Gasteiger partial charge < -0.3 is 14.2 Å². The summed E-state index contributed by atoms with van der Waals surface area (Å²) < 4.78 is 47.7. The fourth-order valence-corrected chi connectivity index (χ4v) is 2.49. The molecule has 1 atom stereocenters. The maximum absolute atomic E-state index is 12.3. The second-order valence-electron chi connectivity index (χ2n) is 5.10. The maximum Gasteiger partial charge on any atom is 0.471 e. The Morgan fingerprint density at radius 1 is 1.27 bits per heavy atom. The van der Waals surface area contributed by atoms with Crippen molar-refractivity contribution in [2.45, 2.75) is 25.6 Å². The maximum atomic E-state index is 12.3. The van der Waals surface area contributed by atoms with Gasteiger partial charge in [-0.15, -0.1) is 0 Å². The third-order valence-corrected chi connectivity index (χ3v) is 3.42. The van der Waals surface area contributed by atoms with E-state index in [1.165, 1.54) is 19.5 Å². The summed E-state index contributed by atoms with van der Waals surface area (Å²) in [6.07, 6.45) is -1.68. The molecule has 0 radical (unpaired) electrons. The van der Waals surface area contributed by atoms with Crippen molar-refractivity contribution in [3.8, 4) is 0 Å². The van der Waals surface area contributed by atoms with Crippen molar-refractivity contribution in [1.82, 2.24) is 5.32 Å². The highest BCUT2D eigenvalue weighted by molar-refractivity contribution is 5.97. The molecular formula is C15H12F3NO3. The molecule has 3 rings (SSSR count). The number of furan rings is 2. The lowest BCUT2D eigenvalue weighted by molar-refractivity contribution is -0.174. The highest BCUT2D eigenvalue weighted by atomic mass is 19.4. The van der Waals surface area contributed by atoms with Gasteiger partial charge in [0.1, 0.15) is 11.2 Å². The number of hydrogen-bond acceptors (Lipinski definition) is 3. The monoisotopic (exact) mass is 311 g/mol. The average Bonchev–Trinajstić information content (AvgIpc) is 3.05. The Kier molecular flexibility index (Phi) is 3.35. The Labute approximate surface area is 122 Å². The summed E-state index contributed by atoms with van der Waals surface area (Å²) in [4.78, 5) is 11.0. The van der Waals surface area contributed by atoms with Crippen LogP contribution in [0.4, 0.5) is 13.2 Å².